The van der Waals surface area contributed by atoms with E-state index >= 15 is 0 Å². The molecule has 0 bridgehead atoms. The zero-order chi connectivity index (χ0) is 9.26. The Hall–Kier alpha value is -1.76. The second-order valence-corrected chi connectivity index (χ2v) is 2.43. The third kappa shape index (κ3) is 1.18. The van der Waals surface area contributed by atoms with Gasteiger partial charge in [-0.25, -0.2) is 0 Å². The van der Waals surface area contributed by atoms with E-state index < -0.39 is 0 Å². The van der Waals surface area contributed by atoms with Crippen molar-refractivity contribution in [2.45, 2.75) is 6.54 Å². The molecule has 0 aliphatic heterocycles. The Bertz CT molecular complexity index is 473. The van der Waals surface area contributed by atoms with Crippen LogP contribution in [0.3, 0.4) is 0 Å². The maximum Gasteiger partial charge on any atom is 0.273 e. The summed E-state index contributed by atoms with van der Waals surface area (Å²) in [5, 5.41) is 19.8. The maximum absolute atomic E-state index is 11.2. The van der Waals surface area contributed by atoms with Crippen molar-refractivity contribution < 1.29 is 5.11 Å². The molecular formula is C6H7N5O2. The second kappa shape index (κ2) is 2.94. The summed E-state index contributed by atoms with van der Waals surface area (Å²) in [6, 6.07) is 0. The van der Waals surface area contributed by atoms with Crippen molar-refractivity contribution in [2.75, 3.05) is 6.61 Å². The fourth-order valence-corrected chi connectivity index (χ4v) is 1.07. The van der Waals surface area contributed by atoms with Crippen LogP contribution in [0.15, 0.2) is 17.3 Å². The van der Waals surface area contributed by atoms with Crippen LogP contribution in [0.1, 0.15) is 0 Å². The summed E-state index contributed by atoms with van der Waals surface area (Å²) in [5.41, 5.74) is -0.297. The van der Waals surface area contributed by atoms with Crippen molar-refractivity contribution >= 4 is 5.78 Å². The molecule has 2 heterocycles. The summed E-state index contributed by atoms with van der Waals surface area (Å²) in [6.07, 6.45) is 2.55. The molecule has 0 amide bonds. The number of aliphatic hydroxyl groups excluding tert-OH is 1. The van der Waals surface area contributed by atoms with Gasteiger partial charge in [-0.2, -0.15) is 9.61 Å². The summed E-state index contributed by atoms with van der Waals surface area (Å²) in [7, 11) is 0. The predicted molar refractivity (Wildman–Crippen MR) is 42.1 cm³/mol. The highest BCUT2D eigenvalue weighted by Gasteiger charge is 2.04. The first-order chi connectivity index (χ1) is 6.33. The van der Waals surface area contributed by atoms with Gasteiger partial charge in [0.1, 0.15) is 12.5 Å². The highest BCUT2D eigenvalue weighted by atomic mass is 16.3. The lowest BCUT2D eigenvalue weighted by Gasteiger charge is -2.01. The van der Waals surface area contributed by atoms with E-state index in [1.54, 1.807) is 0 Å². The molecule has 2 rings (SSSR count). The summed E-state index contributed by atoms with van der Waals surface area (Å²) in [5.74, 6) is 0.335. The molecule has 0 aliphatic carbocycles. The maximum atomic E-state index is 11.2. The average molecular weight is 181 g/mol. The van der Waals surface area contributed by atoms with Gasteiger partial charge in [0.15, 0.2) is 0 Å². The Kier molecular flexibility index (Phi) is 1.78. The summed E-state index contributed by atoms with van der Waals surface area (Å²) < 4.78 is 2.68. The van der Waals surface area contributed by atoms with Gasteiger partial charge in [0.25, 0.3) is 11.3 Å². The van der Waals surface area contributed by atoms with Gasteiger partial charge < -0.3 is 5.11 Å². The van der Waals surface area contributed by atoms with E-state index in [1.807, 2.05) is 0 Å². The molecule has 7 heteroatoms. The van der Waals surface area contributed by atoms with Crippen LogP contribution >= 0.6 is 0 Å². The number of nitrogens with zero attached hydrogens (tertiary/aromatic N) is 5. The number of fused-ring (bicyclic) bond motifs is 1. The topological polar surface area (TPSA) is 85.3 Å². The Morgan fingerprint density at radius 2 is 2.38 bits per heavy atom. The standard InChI is InChI=1S/C6H7N5O2/c12-2-1-10-5(13)3-8-11-4-7-9-6(10)11/h3-4,12H,1-2H2. The zero-order valence-electron chi connectivity index (χ0n) is 6.66. The summed E-state index contributed by atoms with van der Waals surface area (Å²) in [6.45, 7) is 0.0794. The third-order valence-electron chi connectivity index (χ3n) is 1.64. The van der Waals surface area contributed by atoms with Gasteiger partial charge in [-0.05, 0) is 0 Å². The molecular weight excluding hydrogens is 174 g/mol. The molecule has 1 N–H and O–H groups in total. The van der Waals surface area contributed by atoms with Gasteiger partial charge in [0.05, 0.1) is 13.2 Å². The van der Waals surface area contributed by atoms with Crippen molar-refractivity contribution in [3.8, 4) is 0 Å². The van der Waals surface area contributed by atoms with Crippen molar-refractivity contribution in [1.29, 1.82) is 0 Å². The minimum absolute atomic E-state index is 0.119. The van der Waals surface area contributed by atoms with E-state index in [9.17, 15) is 4.79 Å². The fourth-order valence-electron chi connectivity index (χ4n) is 1.07. The van der Waals surface area contributed by atoms with E-state index in [2.05, 4.69) is 15.3 Å². The van der Waals surface area contributed by atoms with Crippen LogP contribution in [0.4, 0.5) is 0 Å². The minimum Gasteiger partial charge on any atom is -0.395 e. The lowest BCUT2D eigenvalue weighted by atomic mass is 10.6. The molecule has 68 valence electrons. The van der Waals surface area contributed by atoms with Crippen LogP contribution < -0.4 is 5.56 Å². The normalized spacial score (nSPS) is 10.8. The van der Waals surface area contributed by atoms with Crippen LogP contribution in [0.2, 0.25) is 0 Å². The molecule has 0 saturated heterocycles. The second-order valence-electron chi connectivity index (χ2n) is 2.43. The number of aromatic nitrogens is 5. The first-order valence-corrected chi connectivity index (χ1v) is 3.69. The summed E-state index contributed by atoms with van der Waals surface area (Å²) >= 11 is 0. The van der Waals surface area contributed by atoms with E-state index in [0.29, 0.717) is 5.78 Å². The number of hydrogen-bond acceptors (Lipinski definition) is 5. The Morgan fingerprint density at radius 1 is 1.54 bits per heavy atom. The molecule has 0 fully saturated rings. The quantitative estimate of drug-likeness (QED) is 0.595. The highest BCUT2D eigenvalue weighted by Crippen LogP contribution is 1.90. The predicted octanol–water partition coefficient (Wildman–Crippen LogP) is -1.72. The molecule has 7 nitrogen and oxygen atoms in total. The van der Waals surface area contributed by atoms with E-state index in [-0.39, 0.29) is 18.7 Å². The van der Waals surface area contributed by atoms with E-state index in [0.717, 1.165) is 6.20 Å². The number of rotatable bonds is 2. The van der Waals surface area contributed by atoms with Gasteiger partial charge in [-0.15, -0.1) is 10.2 Å². The fraction of sp³-hybridized carbons (Fsp3) is 0.333. The van der Waals surface area contributed by atoms with E-state index in [4.69, 9.17) is 5.11 Å². The molecule has 0 aromatic carbocycles. The average Bonchev–Trinajstić information content (AvgIpc) is 2.58. The molecule has 0 radical (unpaired) electrons. The molecule has 2 aromatic rings. The molecule has 0 spiro atoms. The van der Waals surface area contributed by atoms with Crippen LogP contribution in [-0.2, 0) is 6.54 Å². The monoisotopic (exact) mass is 181 g/mol. The van der Waals surface area contributed by atoms with Crippen molar-refractivity contribution in [3.05, 3.63) is 22.9 Å². The van der Waals surface area contributed by atoms with Gasteiger partial charge in [0.2, 0.25) is 0 Å². The Labute approximate surface area is 72.3 Å². The van der Waals surface area contributed by atoms with Crippen LogP contribution in [-0.4, -0.2) is 36.1 Å². The largest absolute Gasteiger partial charge is 0.395 e. The SMILES string of the molecule is O=c1cnn2cnnc2n1CCO. The van der Waals surface area contributed by atoms with Crippen molar-refractivity contribution in [2.24, 2.45) is 0 Å². The summed E-state index contributed by atoms with van der Waals surface area (Å²) in [4.78, 5) is 11.2. The first kappa shape index (κ1) is 7.87. The van der Waals surface area contributed by atoms with Crippen LogP contribution in [0, 0.1) is 0 Å². The van der Waals surface area contributed by atoms with Crippen LogP contribution in [0.25, 0.3) is 5.78 Å². The molecule has 13 heavy (non-hydrogen) atoms. The number of aliphatic hydroxyl groups is 1. The van der Waals surface area contributed by atoms with Gasteiger partial charge >= 0.3 is 0 Å². The first-order valence-electron chi connectivity index (χ1n) is 3.69. The Balaban J connectivity index is 2.73. The lowest BCUT2D eigenvalue weighted by Crippen LogP contribution is -2.24. The third-order valence-corrected chi connectivity index (χ3v) is 1.64. The molecule has 2 aromatic heterocycles. The molecule has 0 aliphatic rings. The van der Waals surface area contributed by atoms with E-state index in [1.165, 1.54) is 15.4 Å². The molecule has 0 saturated carbocycles. The molecule has 0 atom stereocenters. The Morgan fingerprint density at radius 3 is 3.15 bits per heavy atom. The minimum atomic E-state index is -0.297. The van der Waals surface area contributed by atoms with Crippen LogP contribution in [0.5, 0.6) is 0 Å². The van der Waals surface area contributed by atoms with Crippen molar-refractivity contribution in [1.82, 2.24) is 24.4 Å². The van der Waals surface area contributed by atoms with Gasteiger partial charge in [-0.3, -0.25) is 9.36 Å². The molecule has 0 unspecified atom stereocenters. The highest BCUT2D eigenvalue weighted by molar-refractivity contribution is 5.23. The smallest absolute Gasteiger partial charge is 0.273 e. The number of hydrogen-bond donors (Lipinski definition) is 1. The zero-order valence-corrected chi connectivity index (χ0v) is 6.66. The van der Waals surface area contributed by atoms with Gasteiger partial charge in [-0.1, -0.05) is 0 Å². The lowest BCUT2D eigenvalue weighted by molar-refractivity contribution is 0.275. The van der Waals surface area contributed by atoms with Crippen molar-refractivity contribution in [3.63, 3.8) is 0 Å². The van der Waals surface area contributed by atoms with Gasteiger partial charge in [0, 0.05) is 0 Å².